The second-order valence-corrected chi connectivity index (χ2v) is 8.87. The smallest absolute Gasteiger partial charge is 0.0317 e. The van der Waals surface area contributed by atoms with Gasteiger partial charge in [0.2, 0.25) is 0 Å². The van der Waals surface area contributed by atoms with Crippen molar-refractivity contribution in [2.75, 3.05) is 0 Å². The Morgan fingerprint density at radius 1 is 1.06 bits per heavy atom. The monoisotopic (exact) mass is 256 g/mol. The first-order chi connectivity index (χ1) is 8.09. The van der Waals surface area contributed by atoms with Crippen molar-refractivity contribution in [3.8, 4) is 0 Å². The van der Waals surface area contributed by atoms with Crippen molar-refractivity contribution in [3.63, 3.8) is 0 Å². The Morgan fingerprint density at radius 2 is 1.71 bits per heavy atom. The summed E-state index contributed by atoms with van der Waals surface area (Å²) in [5.74, 6) is 2.39. The third kappa shape index (κ3) is 3.24. The summed E-state index contributed by atoms with van der Waals surface area (Å²) in [6.07, 6.45) is 9.36. The van der Waals surface area contributed by atoms with Gasteiger partial charge in [0.25, 0.3) is 0 Å². The van der Waals surface area contributed by atoms with E-state index < -0.39 is 8.15 Å². The molecule has 0 aliphatic heterocycles. The van der Waals surface area contributed by atoms with Crippen LogP contribution in [0.15, 0.2) is 0 Å². The van der Waals surface area contributed by atoms with Gasteiger partial charge in [-0.15, -0.1) is 0 Å². The minimum Gasteiger partial charge on any atom is -0.373 e. The van der Waals surface area contributed by atoms with Crippen LogP contribution in [-0.2, 0) is 0 Å². The summed E-state index contributed by atoms with van der Waals surface area (Å²) in [4.78, 5) is 10.8. The van der Waals surface area contributed by atoms with Crippen LogP contribution in [0.3, 0.4) is 0 Å². The van der Waals surface area contributed by atoms with Gasteiger partial charge in [0.15, 0.2) is 0 Å². The molecule has 2 rings (SSSR count). The van der Waals surface area contributed by atoms with Crippen LogP contribution in [0.25, 0.3) is 0 Å². The van der Waals surface area contributed by atoms with Crippen LogP contribution in [0.5, 0.6) is 0 Å². The topological polar surface area (TPSA) is 20.2 Å². The molecule has 1 unspecified atom stereocenters. The zero-order valence-electron chi connectivity index (χ0n) is 11.7. The minimum atomic E-state index is -0.698. The van der Waals surface area contributed by atoms with Crippen molar-refractivity contribution < 1.29 is 4.89 Å². The molecule has 0 aromatic heterocycles. The Morgan fingerprint density at radius 3 is 2.29 bits per heavy atom. The zero-order chi connectivity index (χ0) is 12.4. The molecular formula is C15H29OP. The first-order valence-electron chi connectivity index (χ1n) is 7.56. The molecule has 0 spiro atoms. The molecule has 2 aliphatic carbocycles. The minimum absolute atomic E-state index is 0.650. The van der Waals surface area contributed by atoms with E-state index in [1.54, 1.807) is 0 Å². The number of hydrogen-bond acceptors (Lipinski definition) is 1. The van der Waals surface area contributed by atoms with Gasteiger partial charge in [-0.25, -0.2) is 0 Å². The third-order valence-electron chi connectivity index (χ3n) is 5.03. The highest BCUT2D eigenvalue weighted by atomic mass is 31.1. The van der Waals surface area contributed by atoms with E-state index in [0.29, 0.717) is 11.3 Å². The molecule has 2 saturated carbocycles. The van der Waals surface area contributed by atoms with E-state index in [1.807, 2.05) is 0 Å². The average molecular weight is 256 g/mol. The van der Waals surface area contributed by atoms with Crippen molar-refractivity contribution in [2.24, 2.45) is 17.8 Å². The molecule has 2 heteroatoms. The van der Waals surface area contributed by atoms with Gasteiger partial charge >= 0.3 is 0 Å². The maximum absolute atomic E-state index is 10.8. The lowest BCUT2D eigenvalue weighted by Crippen LogP contribution is -2.32. The van der Waals surface area contributed by atoms with Crippen molar-refractivity contribution in [2.45, 2.75) is 77.0 Å². The molecule has 0 radical (unpaired) electrons. The van der Waals surface area contributed by atoms with Gasteiger partial charge in [0, 0.05) is 19.5 Å². The van der Waals surface area contributed by atoms with Crippen LogP contribution < -0.4 is 0 Å². The molecule has 1 nitrogen and oxygen atoms in total. The molecule has 0 aromatic rings. The Balaban J connectivity index is 2.02. The molecule has 0 bridgehead atoms. The van der Waals surface area contributed by atoms with E-state index in [2.05, 4.69) is 20.8 Å². The fourth-order valence-corrected chi connectivity index (χ4v) is 6.79. The summed E-state index contributed by atoms with van der Waals surface area (Å²) < 4.78 is 0. The van der Waals surface area contributed by atoms with E-state index in [0.717, 1.165) is 17.8 Å². The molecule has 100 valence electrons. The summed E-state index contributed by atoms with van der Waals surface area (Å²) in [5.41, 5.74) is 1.33. The standard InChI is InChI=1S/C15H29OP/c1-11(2)14-9-8-12(3)10-15(14)17(16)13-6-4-5-7-13/h11-16H,4-10H2,1-3H3/t12-,14+,15-,17?/m1/s1. The van der Waals surface area contributed by atoms with Crippen molar-refractivity contribution in [1.29, 1.82) is 0 Å². The van der Waals surface area contributed by atoms with E-state index >= 15 is 0 Å². The highest BCUT2D eigenvalue weighted by Crippen LogP contribution is 2.56. The third-order valence-corrected chi connectivity index (χ3v) is 7.56. The predicted octanol–water partition coefficient (Wildman–Crippen LogP) is 4.78. The van der Waals surface area contributed by atoms with Crippen LogP contribution >= 0.6 is 8.15 Å². The van der Waals surface area contributed by atoms with Crippen LogP contribution in [0.4, 0.5) is 0 Å². The van der Waals surface area contributed by atoms with Gasteiger partial charge in [-0.1, -0.05) is 40.0 Å². The fourth-order valence-electron chi connectivity index (χ4n) is 3.90. The van der Waals surface area contributed by atoms with E-state index in [9.17, 15) is 4.89 Å². The van der Waals surface area contributed by atoms with Gasteiger partial charge in [-0.2, -0.15) is 0 Å². The molecule has 0 amide bonds. The molecule has 1 N–H and O–H groups in total. The second kappa shape index (κ2) is 6.02. The molecule has 17 heavy (non-hydrogen) atoms. The Kier molecular flexibility index (Phi) is 4.89. The van der Waals surface area contributed by atoms with E-state index in [4.69, 9.17) is 0 Å². The zero-order valence-corrected chi connectivity index (χ0v) is 12.6. The van der Waals surface area contributed by atoms with Gasteiger partial charge in [0.05, 0.1) is 0 Å². The highest BCUT2D eigenvalue weighted by Gasteiger charge is 2.39. The van der Waals surface area contributed by atoms with Gasteiger partial charge in [-0.3, -0.25) is 0 Å². The number of rotatable bonds is 3. The maximum atomic E-state index is 10.8. The van der Waals surface area contributed by atoms with Crippen LogP contribution in [0.1, 0.15) is 65.7 Å². The molecule has 2 fully saturated rings. The lowest BCUT2D eigenvalue weighted by atomic mass is 9.77. The molecule has 2 aliphatic rings. The van der Waals surface area contributed by atoms with Gasteiger partial charge in [-0.05, 0) is 43.4 Å². The van der Waals surface area contributed by atoms with Gasteiger partial charge in [0.1, 0.15) is 0 Å². The van der Waals surface area contributed by atoms with Crippen molar-refractivity contribution >= 4 is 8.15 Å². The van der Waals surface area contributed by atoms with E-state index in [1.165, 1.54) is 44.9 Å². The summed E-state index contributed by atoms with van der Waals surface area (Å²) >= 11 is 0. The summed E-state index contributed by atoms with van der Waals surface area (Å²) in [6, 6.07) is 0. The Hall–Kier alpha value is 0.390. The van der Waals surface area contributed by atoms with Crippen LogP contribution in [0, 0.1) is 17.8 Å². The normalized spacial score (nSPS) is 37.6. The van der Waals surface area contributed by atoms with Crippen molar-refractivity contribution in [3.05, 3.63) is 0 Å². The van der Waals surface area contributed by atoms with Gasteiger partial charge < -0.3 is 4.89 Å². The summed E-state index contributed by atoms with van der Waals surface area (Å²) in [5, 5.41) is 0. The largest absolute Gasteiger partial charge is 0.373 e. The summed E-state index contributed by atoms with van der Waals surface area (Å²) in [7, 11) is -0.698. The van der Waals surface area contributed by atoms with Crippen LogP contribution in [0.2, 0.25) is 0 Å². The fraction of sp³-hybridized carbons (Fsp3) is 1.00. The maximum Gasteiger partial charge on any atom is 0.0317 e. The number of hydrogen-bond donors (Lipinski definition) is 1. The first kappa shape index (κ1) is 13.8. The van der Waals surface area contributed by atoms with E-state index in [-0.39, 0.29) is 0 Å². The predicted molar refractivity (Wildman–Crippen MR) is 76.5 cm³/mol. The highest BCUT2D eigenvalue weighted by molar-refractivity contribution is 7.53. The quantitative estimate of drug-likeness (QED) is 0.720. The summed E-state index contributed by atoms with van der Waals surface area (Å²) in [6.45, 7) is 7.08. The van der Waals surface area contributed by atoms with Crippen LogP contribution in [-0.4, -0.2) is 16.2 Å². The molecule has 0 heterocycles. The average Bonchev–Trinajstić information content (AvgIpc) is 2.80. The second-order valence-electron chi connectivity index (χ2n) is 6.71. The lowest BCUT2D eigenvalue weighted by molar-refractivity contribution is 0.234. The van der Waals surface area contributed by atoms with Crippen molar-refractivity contribution in [1.82, 2.24) is 0 Å². The molecule has 0 aromatic carbocycles. The Bertz CT molecular complexity index is 235. The SMILES string of the molecule is CC(C)[C@@H]1CC[C@@H](C)C[C@H]1P(O)C1CCCC1. The molecule has 4 atom stereocenters. The molecular weight excluding hydrogens is 227 g/mol. The Labute approximate surface area is 108 Å². The molecule has 0 saturated heterocycles. The lowest BCUT2D eigenvalue weighted by Gasteiger charge is -2.41. The first-order valence-corrected chi connectivity index (χ1v) is 9.00.